The van der Waals surface area contributed by atoms with Crippen molar-refractivity contribution in [2.24, 2.45) is 0 Å². The molecule has 5 nitrogen and oxygen atoms in total. The van der Waals surface area contributed by atoms with Gasteiger partial charge in [0, 0.05) is 33.8 Å². The van der Waals surface area contributed by atoms with Gasteiger partial charge in [-0.1, -0.05) is 41.0 Å². The standard InChI is InChI=1S/C14H11Cl2N5S/c15-11-4-1-5-12(16)10(11)8-22-14-20-19-13(21(14)17)9-3-2-6-18-7-9/h1-7H,8,17H2. The molecule has 8 heteroatoms. The van der Waals surface area contributed by atoms with Crippen molar-refractivity contribution in [2.75, 3.05) is 5.84 Å². The van der Waals surface area contributed by atoms with Crippen molar-refractivity contribution in [3.05, 3.63) is 58.3 Å². The summed E-state index contributed by atoms with van der Waals surface area (Å²) in [6.45, 7) is 0. The lowest BCUT2D eigenvalue weighted by Crippen LogP contribution is -2.11. The molecule has 0 saturated heterocycles. The summed E-state index contributed by atoms with van der Waals surface area (Å²) in [6.07, 6.45) is 3.38. The van der Waals surface area contributed by atoms with E-state index in [9.17, 15) is 0 Å². The van der Waals surface area contributed by atoms with Crippen LogP contribution >= 0.6 is 35.0 Å². The largest absolute Gasteiger partial charge is 0.335 e. The number of rotatable bonds is 4. The molecule has 3 rings (SSSR count). The summed E-state index contributed by atoms with van der Waals surface area (Å²) in [7, 11) is 0. The van der Waals surface area contributed by atoms with Crippen LogP contribution in [0.25, 0.3) is 11.4 Å². The highest BCUT2D eigenvalue weighted by atomic mass is 35.5. The Morgan fingerprint density at radius 1 is 1.09 bits per heavy atom. The van der Waals surface area contributed by atoms with Crippen LogP contribution in [0.5, 0.6) is 0 Å². The van der Waals surface area contributed by atoms with E-state index in [4.69, 9.17) is 29.0 Å². The van der Waals surface area contributed by atoms with Crippen LogP contribution in [0.3, 0.4) is 0 Å². The van der Waals surface area contributed by atoms with Crippen LogP contribution in [0.4, 0.5) is 0 Å². The minimum absolute atomic E-state index is 0.556. The molecule has 0 saturated carbocycles. The molecule has 0 fully saturated rings. The number of nitrogens with two attached hydrogens (primary N) is 1. The molecule has 0 spiro atoms. The molecule has 22 heavy (non-hydrogen) atoms. The molecule has 0 unspecified atom stereocenters. The summed E-state index contributed by atoms with van der Waals surface area (Å²) in [5.74, 6) is 7.17. The Kier molecular flexibility index (Phi) is 4.52. The Hall–Kier alpha value is -1.76. The van der Waals surface area contributed by atoms with Crippen LogP contribution in [-0.4, -0.2) is 19.9 Å². The minimum Gasteiger partial charge on any atom is -0.335 e. The Bertz CT molecular complexity index is 771. The second-order valence-corrected chi connectivity index (χ2v) is 6.16. The van der Waals surface area contributed by atoms with Crippen molar-refractivity contribution in [1.29, 1.82) is 0 Å². The van der Waals surface area contributed by atoms with Crippen molar-refractivity contribution in [3.8, 4) is 11.4 Å². The molecule has 3 aromatic rings. The van der Waals surface area contributed by atoms with Crippen molar-refractivity contribution < 1.29 is 0 Å². The zero-order valence-corrected chi connectivity index (χ0v) is 13.6. The van der Waals surface area contributed by atoms with E-state index in [0.717, 1.165) is 11.1 Å². The lowest BCUT2D eigenvalue weighted by Gasteiger charge is -2.06. The van der Waals surface area contributed by atoms with Gasteiger partial charge in [-0.25, -0.2) is 4.68 Å². The molecule has 0 aliphatic heterocycles. The minimum atomic E-state index is 0.556. The summed E-state index contributed by atoms with van der Waals surface area (Å²) in [4.78, 5) is 4.05. The van der Waals surface area contributed by atoms with Crippen LogP contribution in [0.1, 0.15) is 5.56 Å². The normalized spacial score (nSPS) is 10.8. The summed E-state index contributed by atoms with van der Waals surface area (Å²) >= 11 is 13.7. The number of benzene rings is 1. The van der Waals surface area contributed by atoms with Gasteiger partial charge in [-0.3, -0.25) is 4.98 Å². The number of nitrogen functional groups attached to an aromatic ring is 1. The van der Waals surface area contributed by atoms with E-state index in [1.165, 1.54) is 16.4 Å². The Morgan fingerprint density at radius 2 is 1.86 bits per heavy atom. The zero-order chi connectivity index (χ0) is 15.5. The summed E-state index contributed by atoms with van der Waals surface area (Å²) < 4.78 is 1.44. The summed E-state index contributed by atoms with van der Waals surface area (Å²) in [6, 6.07) is 9.11. The van der Waals surface area contributed by atoms with Gasteiger partial charge in [-0.05, 0) is 29.8 Å². The fourth-order valence-corrected chi connectivity index (χ4v) is 3.47. The van der Waals surface area contributed by atoms with E-state index < -0.39 is 0 Å². The molecule has 0 aliphatic carbocycles. The summed E-state index contributed by atoms with van der Waals surface area (Å²) in [5.41, 5.74) is 1.65. The molecule has 2 N–H and O–H groups in total. The van der Waals surface area contributed by atoms with Crippen LogP contribution in [0, 0.1) is 0 Å². The summed E-state index contributed by atoms with van der Waals surface area (Å²) in [5, 5.41) is 10.0. The monoisotopic (exact) mass is 351 g/mol. The predicted molar refractivity (Wildman–Crippen MR) is 89.4 cm³/mol. The third-order valence-corrected chi connectivity index (χ3v) is 4.67. The molecule has 2 heterocycles. The molecular weight excluding hydrogens is 341 g/mol. The smallest absolute Gasteiger partial charge is 0.210 e. The van der Waals surface area contributed by atoms with Crippen molar-refractivity contribution in [1.82, 2.24) is 19.9 Å². The molecule has 0 aliphatic rings. The van der Waals surface area contributed by atoms with Gasteiger partial charge in [-0.15, -0.1) is 10.2 Å². The third-order valence-electron chi connectivity index (χ3n) is 2.99. The third kappa shape index (κ3) is 3.04. The highest BCUT2D eigenvalue weighted by molar-refractivity contribution is 7.98. The molecule has 0 bridgehead atoms. The van der Waals surface area contributed by atoms with Gasteiger partial charge in [0.15, 0.2) is 5.82 Å². The maximum Gasteiger partial charge on any atom is 0.210 e. The van der Waals surface area contributed by atoms with Gasteiger partial charge in [-0.2, -0.15) is 0 Å². The predicted octanol–water partition coefficient (Wildman–Crippen LogP) is 3.65. The van der Waals surface area contributed by atoms with Crippen molar-refractivity contribution in [2.45, 2.75) is 10.9 Å². The Morgan fingerprint density at radius 3 is 2.55 bits per heavy atom. The van der Waals surface area contributed by atoms with Gasteiger partial charge in [0.25, 0.3) is 0 Å². The Labute approximate surface area is 141 Å². The van der Waals surface area contributed by atoms with Gasteiger partial charge >= 0.3 is 0 Å². The number of aromatic nitrogens is 4. The molecule has 1 aromatic carbocycles. The van der Waals surface area contributed by atoms with Gasteiger partial charge in [0.1, 0.15) is 0 Å². The second-order valence-electron chi connectivity index (χ2n) is 4.41. The van der Waals surface area contributed by atoms with Crippen LogP contribution in [-0.2, 0) is 5.75 Å². The highest BCUT2D eigenvalue weighted by Crippen LogP contribution is 2.31. The first-order chi connectivity index (χ1) is 10.7. The second kappa shape index (κ2) is 6.56. The molecule has 0 amide bonds. The number of hydrogen-bond donors (Lipinski definition) is 1. The highest BCUT2D eigenvalue weighted by Gasteiger charge is 2.14. The maximum atomic E-state index is 6.16. The number of nitrogens with zero attached hydrogens (tertiary/aromatic N) is 4. The van der Waals surface area contributed by atoms with Gasteiger partial charge in [0.05, 0.1) is 0 Å². The first-order valence-electron chi connectivity index (χ1n) is 6.33. The fraction of sp³-hybridized carbons (Fsp3) is 0.0714. The molecule has 2 aromatic heterocycles. The molecule has 112 valence electrons. The van der Waals surface area contributed by atoms with Crippen molar-refractivity contribution >= 4 is 35.0 Å². The van der Waals surface area contributed by atoms with E-state index in [1.54, 1.807) is 24.5 Å². The number of thioether (sulfide) groups is 1. The first-order valence-corrected chi connectivity index (χ1v) is 8.07. The lowest BCUT2D eigenvalue weighted by molar-refractivity contribution is 0.849. The topological polar surface area (TPSA) is 69.6 Å². The average Bonchev–Trinajstić information content (AvgIpc) is 2.89. The van der Waals surface area contributed by atoms with Crippen molar-refractivity contribution in [3.63, 3.8) is 0 Å². The number of halogens is 2. The van der Waals surface area contributed by atoms with E-state index >= 15 is 0 Å². The van der Waals surface area contributed by atoms with E-state index in [1.807, 2.05) is 18.2 Å². The lowest BCUT2D eigenvalue weighted by atomic mass is 10.2. The van der Waals surface area contributed by atoms with Crippen LogP contribution in [0.2, 0.25) is 10.0 Å². The fourth-order valence-electron chi connectivity index (χ4n) is 1.87. The first kappa shape index (κ1) is 15.1. The quantitative estimate of drug-likeness (QED) is 0.573. The van der Waals surface area contributed by atoms with E-state index in [0.29, 0.717) is 26.8 Å². The van der Waals surface area contributed by atoms with Crippen LogP contribution in [0.15, 0.2) is 47.9 Å². The molecule has 0 radical (unpaired) electrons. The molecule has 0 atom stereocenters. The van der Waals surface area contributed by atoms with Gasteiger partial charge < -0.3 is 5.84 Å². The van der Waals surface area contributed by atoms with Gasteiger partial charge in [0.2, 0.25) is 5.16 Å². The number of hydrogen-bond acceptors (Lipinski definition) is 5. The molecular formula is C14H11Cl2N5S. The number of pyridine rings is 1. The SMILES string of the molecule is Nn1c(SCc2c(Cl)cccc2Cl)nnc1-c1cccnc1. The zero-order valence-electron chi connectivity index (χ0n) is 11.3. The van der Waals surface area contributed by atoms with E-state index in [-0.39, 0.29) is 0 Å². The van der Waals surface area contributed by atoms with E-state index in [2.05, 4.69) is 15.2 Å². The average molecular weight is 352 g/mol. The van der Waals surface area contributed by atoms with Crippen LogP contribution < -0.4 is 5.84 Å². The maximum absolute atomic E-state index is 6.16. The Balaban J connectivity index is 1.81.